The van der Waals surface area contributed by atoms with E-state index in [0.717, 1.165) is 0 Å². The number of primary amides is 1. The predicted octanol–water partition coefficient (Wildman–Crippen LogP) is 1.47. The van der Waals surface area contributed by atoms with Crippen molar-refractivity contribution in [1.82, 2.24) is 0 Å². The largest absolute Gasteiger partial charge is 0.447 e. The molecule has 1 amide bonds. The van der Waals surface area contributed by atoms with E-state index in [1.165, 1.54) is 0 Å². The molecule has 1 atom stereocenters. The van der Waals surface area contributed by atoms with Crippen molar-refractivity contribution in [3.05, 3.63) is 34.9 Å². The number of nitrogens with two attached hydrogens (primary N) is 1. The number of aliphatic hydroxyl groups excluding tert-OH is 1. The Morgan fingerprint density at radius 3 is 2.79 bits per heavy atom. The minimum atomic E-state index is -0.948. The Kier molecular flexibility index (Phi) is 3.73. The van der Waals surface area contributed by atoms with Crippen molar-refractivity contribution in [2.24, 2.45) is 5.73 Å². The van der Waals surface area contributed by atoms with Crippen LogP contribution in [-0.4, -0.2) is 17.8 Å². The maximum absolute atomic E-state index is 10.3. The highest BCUT2D eigenvalue weighted by Crippen LogP contribution is 2.22. The Bertz CT molecular complexity index is 330. The standard InChI is InChI=1S/C9H10ClNO3/c10-7-4-2-1-3-6(7)8(12)5-14-9(11)13/h1-4,8,12H,5H2,(H2,11,13)/t8-/m1/s1/i1+1,2+1,3+1,4+1,6+1,7+1. The van der Waals surface area contributed by atoms with E-state index in [1.807, 2.05) is 0 Å². The van der Waals surface area contributed by atoms with Crippen molar-refractivity contribution < 1.29 is 14.6 Å². The van der Waals surface area contributed by atoms with Gasteiger partial charge < -0.3 is 15.6 Å². The number of carbonyl (C=O) groups is 1. The van der Waals surface area contributed by atoms with E-state index in [-0.39, 0.29) is 6.61 Å². The summed E-state index contributed by atoms with van der Waals surface area (Å²) < 4.78 is 4.44. The highest BCUT2D eigenvalue weighted by atomic mass is 35.5. The van der Waals surface area contributed by atoms with Gasteiger partial charge in [0.1, 0.15) is 12.7 Å². The maximum Gasteiger partial charge on any atom is 0.404 e. The molecule has 0 aliphatic carbocycles. The zero-order chi connectivity index (χ0) is 10.6. The first-order chi connectivity index (χ1) is 6.61. The van der Waals surface area contributed by atoms with Gasteiger partial charge in [0.25, 0.3) is 0 Å². The SMILES string of the molecule is NC(=O)OC[C@@H](O)[13c]1[13cH][13cH][13cH][13cH][13c]1Cl. The molecule has 0 aromatic heterocycles. The molecule has 4 nitrogen and oxygen atoms in total. The van der Waals surface area contributed by atoms with Crippen molar-refractivity contribution in [2.45, 2.75) is 6.10 Å². The van der Waals surface area contributed by atoms with Gasteiger partial charge in [0, 0.05) is 10.6 Å². The van der Waals surface area contributed by atoms with Crippen LogP contribution in [0.25, 0.3) is 0 Å². The van der Waals surface area contributed by atoms with E-state index < -0.39 is 12.2 Å². The molecule has 0 spiro atoms. The number of carbonyl (C=O) groups excluding carboxylic acids is 1. The Balaban J connectivity index is 2.65. The van der Waals surface area contributed by atoms with Crippen LogP contribution < -0.4 is 5.73 Å². The summed E-state index contributed by atoms with van der Waals surface area (Å²) in [7, 11) is 0. The minimum absolute atomic E-state index is 0.195. The van der Waals surface area contributed by atoms with Crippen LogP contribution in [-0.2, 0) is 4.74 Å². The summed E-state index contributed by atoms with van der Waals surface area (Å²) in [4.78, 5) is 10.3. The molecule has 76 valence electrons. The summed E-state index contributed by atoms with van der Waals surface area (Å²) in [5.74, 6) is 0. The van der Waals surface area contributed by atoms with Gasteiger partial charge in [-0.2, -0.15) is 0 Å². The van der Waals surface area contributed by atoms with Gasteiger partial charge in [-0.05, 0) is 6.07 Å². The molecule has 0 aliphatic heterocycles. The monoisotopic (exact) mass is 221 g/mol. The fourth-order valence-electron chi connectivity index (χ4n) is 0.996. The van der Waals surface area contributed by atoms with Crippen molar-refractivity contribution in [1.29, 1.82) is 0 Å². The second kappa shape index (κ2) is 4.83. The van der Waals surface area contributed by atoms with Gasteiger partial charge in [0.05, 0.1) is 0 Å². The fraction of sp³-hybridized carbons (Fsp3) is 0.222. The average molecular weight is 222 g/mol. The molecule has 1 aromatic rings. The molecule has 0 saturated carbocycles. The lowest BCUT2D eigenvalue weighted by atomic mass is 10.5. The van der Waals surface area contributed by atoms with E-state index in [1.54, 1.807) is 24.3 Å². The van der Waals surface area contributed by atoms with E-state index in [4.69, 9.17) is 17.3 Å². The van der Waals surface area contributed by atoms with Crippen LogP contribution in [0.5, 0.6) is 0 Å². The van der Waals surface area contributed by atoms with E-state index in [2.05, 4.69) is 4.74 Å². The summed E-state index contributed by atoms with van der Waals surface area (Å²) in [6.45, 7) is -0.195. The summed E-state index contributed by atoms with van der Waals surface area (Å²) >= 11 is 5.80. The molecular formula is C9H10ClNO3. The lowest BCUT2D eigenvalue weighted by Crippen LogP contribution is -2.17. The molecule has 3 N–H and O–H groups in total. The Hall–Kier alpha value is -1.26. The van der Waals surface area contributed by atoms with Gasteiger partial charge in [-0.3, -0.25) is 0 Å². The highest BCUT2D eigenvalue weighted by molar-refractivity contribution is 6.31. The lowest BCUT2D eigenvalue weighted by molar-refractivity contribution is 0.0729. The van der Waals surface area contributed by atoms with Crippen molar-refractivity contribution in [3.63, 3.8) is 0 Å². The molecule has 1 aromatic carbocycles. The first kappa shape index (κ1) is 10.8. The van der Waals surface area contributed by atoms with Crippen LogP contribution in [0, 0.1) is 0 Å². The van der Waals surface area contributed by atoms with Crippen LogP contribution in [0.3, 0.4) is 0 Å². The first-order valence-corrected chi connectivity index (χ1v) is 4.34. The average Bonchev–Trinajstić information content (AvgIpc) is 2.15. The van der Waals surface area contributed by atoms with Crippen LogP contribution in [0.2, 0.25) is 5.02 Å². The third kappa shape index (κ3) is 2.90. The first-order valence-electron chi connectivity index (χ1n) is 3.96. The van der Waals surface area contributed by atoms with Crippen molar-refractivity contribution >= 4 is 17.7 Å². The number of aliphatic hydroxyl groups is 1. The van der Waals surface area contributed by atoms with Crippen LogP contribution in [0.15, 0.2) is 24.3 Å². The Morgan fingerprint density at radius 1 is 1.57 bits per heavy atom. The molecular weight excluding hydrogens is 212 g/mol. The third-order valence-corrected chi connectivity index (χ3v) is 1.99. The molecule has 0 saturated heterocycles. The fourth-order valence-corrected chi connectivity index (χ4v) is 1.26. The second-order valence-electron chi connectivity index (χ2n) is 2.67. The zero-order valence-corrected chi connectivity index (χ0v) is 8.07. The number of hydrogen-bond donors (Lipinski definition) is 2. The number of amides is 1. The number of hydrogen-bond acceptors (Lipinski definition) is 3. The second-order valence-corrected chi connectivity index (χ2v) is 3.07. The molecule has 0 bridgehead atoms. The van der Waals surface area contributed by atoms with Gasteiger partial charge in [0.15, 0.2) is 0 Å². The molecule has 0 heterocycles. The minimum Gasteiger partial charge on any atom is -0.447 e. The van der Waals surface area contributed by atoms with Gasteiger partial charge in [-0.25, -0.2) is 4.79 Å². The molecule has 5 heteroatoms. The van der Waals surface area contributed by atoms with Gasteiger partial charge in [-0.1, -0.05) is 29.8 Å². The van der Waals surface area contributed by atoms with Gasteiger partial charge >= 0.3 is 6.09 Å². The highest BCUT2D eigenvalue weighted by Gasteiger charge is 2.12. The van der Waals surface area contributed by atoms with Crippen molar-refractivity contribution in [2.75, 3.05) is 6.61 Å². The number of ether oxygens (including phenoxy) is 1. The van der Waals surface area contributed by atoms with E-state index in [0.29, 0.717) is 10.6 Å². The van der Waals surface area contributed by atoms with Gasteiger partial charge in [0.2, 0.25) is 0 Å². The summed E-state index contributed by atoms with van der Waals surface area (Å²) in [6.07, 6.45) is -1.87. The Labute approximate surface area is 86.2 Å². The zero-order valence-electron chi connectivity index (χ0n) is 7.31. The predicted molar refractivity (Wildman–Crippen MR) is 51.9 cm³/mol. The number of rotatable bonds is 3. The van der Waals surface area contributed by atoms with Crippen LogP contribution in [0.4, 0.5) is 4.79 Å². The molecule has 0 unspecified atom stereocenters. The van der Waals surface area contributed by atoms with E-state index >= 15 is 0 Å². The van der Waals surface area contributed by atoms with Gasteiger partial charge in [-0.15, -0.1) is 0 Å². The molecule has 1 rings (SSSR count). The summed E-state index contributed by atoms with van der Waals surface area (Å²) in [5, 5.41) is 9.96. The lowest BCUT2D eigenvalue weighted by Gasteiger charge is -2.11. The molecule has 0 radical (unpaired) electrons. The topological polar surface area (TPSA) is 72.6 Å². The molecule has 0 aliphatic rings. The van der Waals surface area contributed by atoms with E-state index in [9.17, 15) is 9.90 Å². The van der Waals surface area contributed by atoms with Crippen LogP contribution in [0.1, 0.15) is 11.7 Å². The maximum atomic E-state index is 10.3. The third-order valence-electron chi connectivity index (χ3n) is 1.65. The summed E-state index contributed by atoms with van der Waals surface area (Å²) in [6, 6.07) is 6.77. The summed E-state index contributed by atoms with van der Waals surface area (Å²) in [5.41, 5.74) is 5.26. The van der Waals surface area contributed by atoms with Crippen LogP contribution >= 0.6 is 11.6 Å². The molecule has 0 fully saturated rings. The quantitative estimate of drug-likeness (QED) is 0.812. The normalized spacial score (nSPS) is 12.1. The molecule has 14 heavy (non-hydrogen) atoms. The number of benzene rings is 1. The van der Waals surface area contributed by atoms with Crippen molar-refractivity contribution in [3.8, 4) is 0 Å². The smallest absolute Gasteiger partial charge is 0.404 e. The Morgan fingerprint density at radius 2 is 2.21 bits per heavy atom. The number of halogens is 1.